The molecule has 0 spiro atoms. The number of aromatic hydroxyl groups is 1. The molecule has 23 heavy (non-hydrogen) atoms. The second-order valence-corrected chi connectivity index (χ2v) is 6.05. The lowest BCUT2D eigenvalue weighted by Crippen LogP contribution is -2.20. The first-order valence-electron chi connectivity index (χ1n) is 6.17. The van der Waals surface area contributed by atoms with Crippen molar-refractivity contribution < 1.29 is 35.6 Å². The zero-order valence-corrected chi connectivity index (χ0v) is 12.5. The van der Waals surface area contributed by atoms with Crippen LogP contribution in [0.5, 0.6) is 17.2 Å². The molecule has 0 unspecified atom stereocenters. The highest BCUT2D eigenvalue weighted by Gasteiger charge is 2.34. The molecule has 0 saturated carbocycles. The summed E-state index contributed by atoms with van der Waals surface area (Å²) in [6.07, 6.45) is -5.05. The van der Waals surface area contributed by atoms with Gasteiger partial charge in [0.2, 0.25) is 0 Å². The first-order chi connectivity index (χ1) is 10.6. The van der Waals surface area contributed by atoms with Crippen molar-refractivity contribution in [2.45, 2.75) is 18.2 Å². The molecule has 0 heterocycles. The van der Waals surface area contributed by atoms with Crippen molar-refractivity contribution in [3.05, 3.63) is 48.0 Å². The van der Waals surface area contributed by atoms with Gasteiger partial charge in [0, 0.05) is 6.07 Å². The molecule has 2 aromatic rings. The molecule has 0 radical (unpaired) electrons. The molecule has 124 valence electrons. The van der Waals surface area contributed by atoms with E-state index in [1.165, 1.54) is 24.3 Å². The van der Waals surface area contributed by atoms with Gasteiger partial charge in [0.05, 0.1) is 0 Å². The van der Waals surface area contributed by atoms with E-state index in [-0.39, 0.29) is 11.5 Å². The van der Waals surface area contributed by atoms with Gasteiger partial charge in [-0.15, -0.1) is 13.2 Å². The average molecular weight is 348 g/mol. The normalized spacial score (nSPS) is 12.0. The minimum absolute atomic E-state index is 0.232. The van der Waals surface area contributed by atoms with Gasteiger partial charge in [-0.3, -0.25) is 0 Å². The summed E-state index contributed by atoms with van der Waals surface area (Å²) in [5.41, 5.74) is 0.509. The molecule has 2 aromatic carbocycles. The number of aryl methyl sites for hydroxylation is 1. The van der Waals surface area contributed by atoms with E-state index in [0.29, 0.717) is 5.56 Å². The molecule has 0 saturated heterocycles. The van der Waals surface area contributed by atoms with Gasteiger partial charge < -0.3 is 14.0 Å². The predicted molar refractivity (Wildman–Crippen MR) is 73.8 cm³/mol. The van der Waals surface area contributed by atoms with Crippen LogP contribution in [0.2, 0.25) is 0 Å². The van der Waals surface area contributed by atoms with Crippen LogP contribution in [0.25, 0.3) is 0 Å². The number of hydrogen-bond donors (Lipinski definition) is 1. The zero-order valence-electron chi connectivity index (χ0n) is 11.7. The lowest BCUT2D eigenvalue weighted by atomic mass is 10.2. The Morgan fingerprint density at radius 1 is 1.09 bits per heavy atom. The van der Waals surface area contributed by atoms with Gasteiger partial charge in [0.25, 0.3) is 0 Å². The van der Waals surface area contributed by atoms with Gasteiger partial charge in [-0.05, 0) is 36.8 Å². The number of phenolic OH excluding ortho intramolecular Hbond substituents is 1. The van der Waals surface area contributed by atoms with Crippen LogP contribution >= 0.6 is 0 Å². The number of hydrogen-bond acceptors (Lipinski definition) is 5. The van der Waals surface area contributed by atoms with E-state index in [1.54, 1.807) is 6.92 Å². The molecule has 0 aliphatic rings. The molecule has 1 N–H and O–H groups in total. The van der Waals surface area contributed by atoms with Crippen molar-refractivity contribution >= 4 is 10.1 Å². The zero-order chi connectivity index (χ0) is 17.3. The van der Waals surface area contributed by atoms with Crippen LogP contribution in [-0.4, -0.2) is 19.9 Å². The third-order valence-corrected chi connectivity index (χ3v) is 3.87. The van der Waals surface area contributed by atoms with Gasteiger partial charge in [-0.2, -0.15) is 8.42 Å². The van der Waals surface area contributed by atoms with Crippen molar-refractivity contribution in [3.63, 3.8) is 0 Å². The van der Waals surface area contributed by atoms with Crippen molar-refractivity contribution in [2.75, 3.05) is 0 Å². The molecule has 0 bridgehead atoms. The summed E-state index contributed by atoms with van der Waals surface area (Å²) < 4.78 is 69.9. The van der Waals surface area contributed by atoms with Crippen LogP contribution in [0, 0.1) is 6.92 Å². The molecule has 0 atom stereocenters. The Hall–Kier alpha value is -2.42. The van der Waals surface area contributed by atoms with Gasteiger partial charge in [-0.1, -0.05) is 12.1 Å². The summed E-state index contributed by atoms with van der Waals surface area (Å²) in [7, 11) is -4.59. The van der Waals surface area contributed by atoms with Crippen LogP contribution in [0.15, 0.2) is 47.4 Å². The molecule has 0 aliphatic carbocycles. The molecule has 0 fully saturated rings. The van der Waals surface area contributed by atoms with Crippen LogP contribution in [0.4, 0.5) is 13.2 Å². The fourth-order valence-electron chi connectivity index (χ4n) is 1.81. The maximum absolute atomic E-state index is 12.4. The highest BCUT2D eigenvalue weighted by Crippen LogP contribution is 2.32. The monoisotopic (exact) mass is 348 g/mol. The lowest BCUT2D eigenvalue weighted by molar-refractivity contribution is -0.275. The highest BCUT2D eigenvalue weighted by atomic mass is 32.2. The Kier molecular flexibility index (Phi) is 4.42. The maximum Gasteiger partial charge on any atom is 0.573 e. The summed E-state index contributed by atoms with van der Waals surface area (Å²) in [4.78, 5) is -0.779. The topological polar surface area (TPSA) is 72.8 Å². The third kappa shape index (κ3) is 4.52. The van der Waals surface area contributed by atoms with Crippen LogP contribution < -0.4 is 8.92 Å². The SMILES string of the molecule is Cc1cc(O)cc(OS(=O)(=O)c2ccccc2OC(F)(F)F)c1. The van der Waals surface area contributed by atoms with Crippen molar-refractivity contribution in [1.82, 2.24) is 0 Å². The largest absolute Gasteiger partial charge is 0.573 e. The third-order valence-electron chi connectivity index (χ3n) is 2.59. The Morgan fingerprint density at radius 2 is 1.74 bits per heavy atom. The molecule has 0 amide bonds. The Morgan fingerprint density at radius 3 is 2.35 bits per heavy atom. The predicted octanol–water partition coefficient (Wildman–Crippen LogP) is 3.37. The Bertz CT molecular complexity index is 795. The molecule has 9 heteroatoms. The number of para-hydroxylation sites is 1. The molecular formula is C14H11F3O5S. The molecule has 0 aromatic heterocycles. The summed E-state index contributed by atoms with van der Waals surface area (Å²) >= 11 is 0. The summed E-state index contributed by atoms with van der Waals surface area (Å²) in [6, 6.07) is 7.90. The summed E-state index contributed by atoms with van der Waals surface area (Å²) in [5, 5.41) is 9.42. The van der Waals surface area contributed by atoms with E-state index in [2.05, 4.69) is 4.74 Å². The number of alkyl halides is 3. The summed E-state index contributed by atoms with van der Waals surface area (Å²) in [6.45, 7) is 1.58. The second kappa shape index (κ2) is 5.99. The quantitative estimate of drug-likeness (QED) is 0.858. The molecule has 0 aliphatic heterocycles. The molecule has 2 rings (SSSR count). The first-order valence-corrected chi connectivity index (χ1v) is 7.57. The number of halogens is 3. The fourth-order valence-corrected chi connectivity index (χ4v) is 2.85. The van der Waals surface area contributed by atoms with E-state index in [9.17, 15) is 26.7 Å². The van der Waals surface area contributed by atoms with Gasteiger partial charge in [-0.25, -0.2) is 0 Å². The van der Waals surface area contributed by atoms with E-state index in [0.717, 1.165) is 18.2 Å². The minimum Gasteiger partial charge on any atom is -0.508 e. The van der Waals surface area contributed by atoms with E-state index in [1.807, 2.05) is 0 Å². The van der Waals surface area contributed by atoms with Crippen molar-refractivity contribution in [2.24, 2.45) is 0 Å². The van der Waals surface area contributed by atoms with Crippen molar-refractivity contribution in [3.8, 4) is 17.2 Å². The molecule has 5 nitrogen and oxygen atoms in total. The van der Waals surface area contributed by atoms with Crippen LogP contribution in [0.3, 0.4) is 0 Å². The van der Waals surface area contributed by atoms with Gasteiger partial charge in [0.1, 0.15) is 16.4 Å². The summed E-state index contributed by atoms with van der Waals surface area (Å²) in [5.74, 6) is -1.38. The number of ether oxygens (including phenoxy) is 1. The lowest BCUT2D eigenvalue weighted by Gasteiger charge is -2.14. The highest BCUT2D eigenvalue weighted by molar-refractivity contribution is 7.87. The smallest absolute Gasteiger partial charge is 0.508 e. The Labute approximate surface area is 130 Å². The number of rotatable bonds is 4. The van der Waals surface area contributed by atoms with E-state index in [4.69, 9.17) is 4.18 Å². The standard InChI is InChI=1S/C14H11F3O5S/c1-9-6-10(18)8-11(7-9)22-23(19,20)13-5-3-2-4-12(13)21-14(15,16)17/h2-8,18H,1H3. The van der Waals surface area contributed by atoms with Gasteiger partial charge in [0.15, 0.2) is 5.75 Å². The fraction of sp³-hybridized carbons (Fsp3) is 0.143. The minimum atomic E-state index is -5.05. The van der Waals surface area contributed by atoms with E-state index < -0.39 is 27.1 Å². The second-order valence-electron chi connectivity index (χ2n) is 4.54. The number of benzene rings is 2. The van der Waals surface area contributed by atoms with Crippen LogP contribution in [-0.2, 0) is 10.1 Å². The maximum atomic E-state index is 12.4. The van der Waals surface area contributed by atoms with Crippen molar-refractivity contribution in [1.29, 1.82) is 0 Å². The van der Waals surface area contributed by atoms with Gasteiger partial charge >= 0.3 is 16.5 Å². The first kappa shape index (κ1) is 16.9. The molecular weight excluding hydrogens is 337 g/mol. The Balaban J connectivity index is 2.40. The average Bonchev–Trinajstić information content (AvgIpc) is 2.35. The number of phenols is 1. The van der Waals surface area contributed by atoms with E-state index >= 15 is 0 Å². The van der Waals surface area contributed by atoms with Crippen LogP contribution in [0.1, 0.15) is 5.56 Å².